The van der Waals surface area contributed by atoms with E-state index in [9.17, 15) is 9.59 Å². The molecule has 27 heavy (non-hydrogen) atoms. The van der Waals surface area contributed by atoms with Crippen LogP contribution in [0, 0.1) is 0 Å². The van der Waals surface area contributed by atoms with E-state index in [1.165, 1.54) is 16.2 Å². The molecule has 136 valence electrons. The number of hydrogen-bond acceptors (Lipinski definition) is 4. The van der Waals surface area contributed by atoms with Crippen molar-refractivity contribution >= 4 is 34.9 Å². The van der Waals surface area contributed by atoms with E-state index in [4.69, 9.17) is 11.6 Å². The highest BCUT2D eigenvalue weighted by molar-refractivity contribution is 7.13. The van der Waals surface area contributed by atoms with Crippen molar-refractivity contribution < 1.29 is 9.59 Å². The number of nitrogens with zero attached hydrogens (tertiary/aromatic N) is 2. The highest BCUT2D eigenvalue weighted by atomic mass is 35.5. The van der Waals surface area contributed by atoms with Crippen LogP contribution < -0.4 is 5.32 Å². The first-order chi connectivity index (χ1) is 13.0. The summed E-state index contributed by atoms with van der Waals surface area (Å²) >= 11 is 7.66. The maximum absolute atomic E-state index is 13.0. The summed E-state index contributed by atoms with van der Waals surface area (Å²) < 4.78 is 0. The van der Waals surface area contributed by atoms with Crippen LogP contribution in [0.3, 0.4) is 0 Å². The monoisotopic (exact) mass is 397 g/mol. The fourth-order valence-electron chi connectivity index (χ4n) is 3.11. The molecule has 1 aromatic heterocycles. The minimum Gasteiger partial charge on any atom is -0.319 e. The van der Waals surface area contributed by atoms with Crippen LogP contribution in [0.15, 0.2) is 60.0 Å². The minimum absolute atomic E-state index is 0.119. The smallest absolute Gasteiger partial charge is 0.319 e. The van der Waals surface area contributed by atoms with Gasteiger partial charge in [0.15, 0.2) is 0 Å². The average molecular weight is 398 g/mol. The number of benzene rings is 2. The zero-order valence-corrected chi connectivity index (χ0v) is 16.1. The van der Waals surface area contributed by atoms with Crippen molar-refractivity contribution in [1.82, 2.24) is 15.2 Å². The second-order valence-electron chi connectivity index (χ2n) is 6.44. The molecule has 2 heterocycles. The number of hydrogen-bond donors (Lipinski definition) is 1. The van der Waals surface area contributed by atoms with Crippen molar-refractivity contribution in [2.24, 2.45) is 0 Å². The number of amides is 3. The third-order valence-electron chi connectivity index (χ3n) is 4.60. The van der Waals surface area contributed by atoms with Crippen LogP contribution in [0.1, 0.15) is 18.2 Å². The van der Waals surface area contributed by atoms with Gasteiger partial charge in [0, 0.05) is 10.9 Å². The fraction of sp³-hybridized carbons (Fsp3) is 0.150. The molecule has 1 aliphatic heterocycles. The maximum atomic E-state index is 13.0. The van der Waals surface area contributed by atoms with Crippen molar-refractivity contribution in [2.45, 2.75) is 19.0 Å². The number of halogens is 1. The second-order valence-corrected chi connectivity index (χ2v) is 7.70. The summed E-state index contributed by atoms with van der Waals surface area (Å²) in [6.45, 7) is 1.84. The molecule has 0 aliphatic carbocycles. The van der Waals surface area contributed by atoms with Gasteiger partial charge in [-0.2, -0.15) is 0 Å². The Kier molecular flexibility index (Phi) is 4.45. The highest BCUT2D eigenvalue weighted by Crippen LogP contribution is 2.32. The van der Waals surface area contributed by atoms with E-state index in [2.05, 4.69) is 10.3 Å². The number of aromatic nitrogens is 1. The first kappa shape index (κ1) is 17.7. The van der Waals surface area contributed by atoms with Crippen molar-refractivity contribution in [3.8, 4) is 10.6 Å². The molecule has 3 amide bonds. The van der Waals surface area contributed by atoms with Gasteiger partial charge in [0.25, 0.3) is 5.91 Å². The zero-order valence-electron chi connectivity index (χ0n) is 14.5. The largest absolute Gasteiger partial charge is 0.325 e. The van der Waals surface area contributed by atoms with Gasteiger partial charge >= 0.3 is 6.03 Å². The third-order valence-corrected chi connectivity index (χ3v) is 5.86. The molecular weight excluding hydrogens is 382 g/mol. The van der Waals surface area contributed by atoms with Gasteiger partial charge in [-0.25, -0.2) is 9.78 Å². The molecule has 1 fully saturated rings. The lowest BCUT2D eigenvalue weighted by molar-refractivity contribution is -0.131. The summed E-state index contributed by atoms with van der Waals surface area (Å²) in [6, 6.07) is 16.3. The second kappa shape index (κ2) is 6.79. The highest BCUT2D eigenvalue weighted by Gasteiger charge is 2.48. The lowest BCUT2D eigenvalue weighted by Crippen LogP contribution is -2.40. The number of carbonyl (C=O) groups excluding carboxylic acids is 2. The quantitative estimate of drug-likeness (QED) is 0.662. The minimum atomic E-state index is -1.07. The number of carbonyl (C=O) groups is 2. The molecule has 5 nitrogen and oxygen atoms in total. The van der Waals surface area contributed by atoms with Crippen LogP contribution >= 0.6 is 22.9 Å². The Balaban J connectivity index is 1.58. The van der Waals surface area contributed by atoms with Gasteiger partial charge in [-0.1, -0.05) is 60.1 Å². The number of urea groups is 1. The Hall–Kier alpha value is -2.70. The van der Waals surface area contributed by atoms with Crippen LogP contribution in [-0.2, 0) is 16.9 Å². The Bertz CT molecular complexity index is 1020. The van der Waals surface area contributed by atoms with E-state index >= 15 is 0 Å². The van der Waals surface area contributed by atoms with Crippen molar-refractivity contribution in [3.63, 3.8) is 0 Å². The van der Waals surface area contributed by atoms with Gasteiger partial charge in [-0.05, 0) is 18.6 Å². The van der Waals surface area contributed by atoms with Crippen LogP contribution in [-0.4, -0.2) is 21.8 Å². The molecule has 0 spiro atoms. The van der Waals surface area contributed by atoms with E-state index in [1.807, 2.05) is 53.9 Å². The molecule has 1 unspecified atom stereocenters. The van der Waals surface area contributed by atoms with E-state index in [-0.39, 0.29) is 12.5 Å². The number of rotatable bonds is 4. The normalized spacial score (nSPS) is 19.4. The van der Waals surface area contributed by atoms with E-state index in [0.717, 1.165) is 16.1 Å². The molecule has 4 rings (SSSR count). The Labute approximate surface area is 165 Å². The van der Waals surface area contributed by atoms with Crippen LogP contribution in [0.25, 0.3) is 10.6 Å². The standard InChI is InChI=1S/C20H16ClN3O2S/c1-20(13-7-3-2-4-8-13)18(25)24(19(26)23-20)11-14-12-27-17(22-14)15-9-5-6-10-16(15)21/h2-10,12H,11H2,1H3,(H,23,26). The van der Waals surface area contributed by atoms with Crippen molar-refractivity contribution in [1.29, 1.82) is 0 Å². The molecule has 0 saturated carbocycles. The van der Waals surface area contributed by atoms with E-state index in [0.29, 0.717) is 10.7 Å². The van der Waals surface area contributed by atoms with E-state index < -0.39 is 11.6 Å². The molecule has 7 heteroatoms. The molecule has 1 saturated heterocycles. The molecule has 0 radical (unpaired) electrons. The average Bonchev–Trinajstić information content (AvgIpc) is 3.22. The number of nitrogens with one attached hydrogen (secondary N) is 1. The third kappa shape index (κ3) is 3.11. The maximum Gasteiger partial charge on any atom is 0.325 e. The van der Waals surface area contributed by atoms with E-state index in [1.54, 1.807) is 13.0 Å². The Morgan fingerprint density at radius 1 is 1.11 bits per heavy atom. The Morgan fingerprint density at radius 3 is 2.56 bits per heavy atom. The van der Waals surface area contributed by atoms with Gasteiger partial charge in [-0.3, -0.25) is 9.69 Å². The summed E-state index contributed by atoms with van der Waals surface area (Å²) in [5.74, 6) is -0.286. The fourth-order valence-corrected chi connectivity index (χ4v) is 4.24. The predicted molar refractivity (Wildman–Crippen MR) is 105 cm³/mol. The van der Waals surface area contributed by atoms with Gasteiger partial charge in [-0.15, -0.1) is 11.3 Å². The molecule has 1 aliphatic rings. The van der Waals surface area contributed by atoms with Crippen LogP contribution in [0.2, 0.25) is 5.02 Å². The molecule has 2 aromatic carbocycles. The topological polar surface area (TPSA) is 62.3 Å². The van der Waals surface area contributed by atoms with Gasteiger partial charge < -0.3 is 5.32 Å². The molecule has 1 atom stereocenters. The first-order valence-electron chi connectivity index (χ1n) is 8.38. The number of thiazole rings is 1. The molecule has 0 bridgehead atoms. The lowest BCUT2D eigenvalue weighted by atomic mass is 9.92. The van der Waals surface area contributed by atoms with Crippen LogP contribution in [0.5, 0.6) is 0 Å². The summed E-state index contributed by atoms with van der Waals surface area (Å²) in [6.07, 6.45) is 0. The predicted octanol–water partition coefficient (Wildman–Crippen LogP) is 4.43. The summed E-state index contributed by atoms with van der Waals surface area (Å²) in [7, 11) is 0. The van der Waals surface area contributed by atoms with Gasteiger partial charge in [0.05, 0.1) is 17.3 Å². The number of imide groups is 1. The van der Waals surface area contributed by atoms with Crippen LogP contribution in [0.4, 0.5) is 4.79 Å². The van der Waals surface area contributed by atoms with Crippen molar-refractivity contribution in [3.05, 3.63) is 76.3 Å². The molecule has 1 N–H and O–H groups in total. The lowest BCUT2D eigenvalue weighted by Gasteiger charge is -2.21. The zero-order chi connectivity index (χ0) is 19.0. The Morgan fingerprint density at radius 2 is 1.81 bits per heavy atom. The summed E-state index contributed by atoms with van der Waals surface area (Å²) in [5, 5.41) is 6.02. The summed E-state index contributed by atoms with van der Waals surface area (Å²) in [4.78, 5) is 31.2. The SMILES string of the molecule is CC1(c2ccccc2)NC(=O)N(Cc2csc(-c3ccccc3Cl)n2)C1=O. The van der Waals surface area contributed by atoms with Gasteiger partial charge in [0.2, 0.25) is 0 Å². The van der Waals surface area contributed by atoms with Gasteiger partial charge in [0.1, 0.15) is 10.5 Å². The summed E-state index contributed by atoms with van der Waals surface area (Å²) in [5.41, 5.74) is 1.17. The molecular formula is C20H16ClN3O2S. The van der Waals surface area contributed by atoms with Crippen molar-refractivity contribution in [2.75, 3.05) is 0 Å². The first-order valence-corrected chi connectivity index (χ1v) is 9.64. The molecule has 3 aromatic rings.